The van der Waals surface area contributed by atoms with Gasteiger partial charge in [0.15, 0.2) is 0 Å². The topological polar surface area (TPSA) is 78.4 Å². The van der Waals surface area contributed by atoms with E-state index in [1.54, 1.807) is 24.3 Å². The monoisotopic (exact) mass is 310 g/mol. The van der Waals surface area contributed by atoms with Crippen molar-refractivity contribution in [1.29, 1.82) is 0 Å². The normalized spacial score (nSPS) is 23.0. The molecule has 0 saturated heterocycles. The summed E-state index contributed by atoms with van der Waals surface area (Å²) in [6, 6.07) is 6.37. The average Bonchev–Trinajstić information content (AvgIpc) is 2.45. The molecular weight excluding hydrogens is 292 g/mol. The number of rotatable bonds is 4. The Hall–Kier alpha value is -1.59. The second kappa shape index (κ2) is 6.03. The third kappa shape index (κ3) is 3.54. The van der Waals surface area contributed by atoms with E-state index >= 15 is 0 Å². The van der Waals surface area contributed by atoms with Crippen LogP contribution in [0.2, 0.25) is 5.02 Å². The van der Waals surface area contributed by atoms with Crippen molar-refractivity contribution in [2.24, 2.45) is 5.41 Å². The van der Waals surface area contributed by atoms with Crippen molar-refractivity contribution in [1.82, 2.24) is 10.6 Å². The van der Waals surface area contributed by atoms with Crippen LogP contribution in [-0.4, -0.2) is 35.6 Å². The fraction of sp³-hybridized carbons (Fsp3) is 0.467. The fourth-order valence-corrected chi connectivity index (χ4v) is 2.38. The molecule has 1 aromatic carbocycles. The molecule has 3 N–H and O–H groups in total. The first-order valence-electron chi connectivity index (χ1n) is 6.82. The minimum atomic E-state index is -0.397. The van der Waals surface area contributed by atoms with Crippen molar-refractivity contribution in [2.75, 3.05) is 6.54 Å². The highest BCUT2D eigenvalue weighted by atomic mass is 35.5. The molecule has 2 rings (SSSR count). The molecule has 0 spiro atoms. The number of carbonyl (C=O) groups excluding carboxylic acids is 2. The second-order valence-electron chi connectivity index (χ2n) is 5.88. The number of benzene rings is 1. The zero-order valence-corrected chi connectivity index (χ0v) is 12.8. The van der Waals surface area contributed by atoms with E-state index in [0.29, 0.717) is 17.0 Å². The van der Waals surface area contributed by atoms with Crippen molar-refractivity contribution in [3.8, 4) is 0 Å². The Labute approximate surface area is 128 Å². The summed E-state index contributed by atoms with van der Waals surface area (Å²) in [5, 5.41) is 15.5. The van der Waals surface area contributed by atoms with Gasteiger partial charge in [0.1, 0.15) is 0 Å². The van der Waals surface area contributed by atoms with Gasteiger partial charge in [-0.05, 0) is 30.7 Å². The summed E-state index contributed by atoms with van der Waals surface area (Å²) >= 11 is 5.75. The van der Waals surface area contributed by atoms with Crippen molar-refractivity contribution in [2.45, 2.75) is 32.4 Å². The SMILES string of the molecule is CC1(C)C(O)CC1NC(=O)CNC(=O)c1ccc(Cl)cc1. The molecule has 0 aliphatic heterocycles. The highest BCUT2D eigenvalue weighted by molar-refractivity contribution is 6.30. The van der Waals surface area contributed by atoms with Crippen LogP contribution in [-0.2, 0) is 4.79 Å². The maximum absolute atomic E-state index is 11.8. The standard InChI is InChI=1S/C15H19ClN2O3/c1-15(2)11(7-12(15)19)18-13(20)8-17-14(21)9-3-5-10(16)6-4-9/h3-6,11-12,19H,7-8H2,1-2H3,(H,17,21)(H,18,20). The van der Waals surface area contributed by atoms with Crippen molar-refractivity contribution in [3.63, 3.8) is 0 Å². The van der Waals surface area contributed by atoms with Crippen LogP contribution in [0.3, 0.4) is 0 Å². The van der Waals surface area contributed by atoms with Crippen molar-refractivity contribution < 1.29 is 14.7 Å². The molecule has 2 amide bonds. The molecule has 0 radical (unpaired) electrons. The lowest BCUT2D eigenvalue weighted by atomic mass is 9.64. The van der Waals surface area contributed by atoms with E-state index in [4.69, 9.17) is 11.6 Å². The van der Waals surface area contributed by atoms with Gasteiger partial charge in [0.2, 0.25) is 5.91 Å². The van der Waals surface area contributed by atoms with Gasteiger partial charge in [0.25, 0.3) is 5.91 Å². The zero-order valence-electron chi connectivity index (χ0n) is 12.0. The quantitative estimate of drug-likeness (QED) is 0.785. The Balaban J connectivity index is 1.79. The summed E-state index contributed by atoms with van der Waals surface area (Å²) in [5.41, 5.74) is 0.127. The van der Waals surface area contributed by atoms with E-state index < -0.39 is 6.10 Å². The van der Waals surface area contributed by atoms with E-state index in [1.807, 2.05) is 13.8 Å². The smallest absolute Gasteiger partial charge is 0.251 e. The molecule has 21 heavy (non-hydrogen) atoms. The number of halogens is 1. The molecule has 2 unspecified atom stereocenters. The minimum Gasteiger partial charge on any atom is -0.392 e. The minimum absolute atomic E-state index is 0.0626. The molecule has 0 aromatic heterocycles. The van der Waals surface area contributed by atoms with Crippen LogP contribution in [0.1, 0.15) is 30.6 Å². The number of aliphatic hydroxyl groups is 1. The first-order chi connectivity index (χ1) is 9.80. The van der Waals surface area contributed by atoms with Gasteiger partial charge in [0, 0.05) is 22.0 Å². The summed E-state index contributed by atoms with van der Waals surface area (Å²) < 4.78 is 0. The highest BCUT2D eigenvalue weighted by Gasteiger charge is 2.47. The lowest BCUT2D eigenvalue weighted by Gasteiger charge is -2.49. The molecule has 5 nitrogen and oxygen atoms in total. The van der Waals surface area contributed by atoms with Crippen LogP contribution in [0.5, 0.6) is 0 Å². The van der Waals surface area contributed by atoms with Gasteiger partial charge < -0.3 is 15.7 Å². The Morgan fingerprint density at radius 3 is 2.48 bits per heavy atom. The molecule has 1 aromatic rings. The molecular formula is C15H19ClN2O3. The second-order valence-corrected chi connectivity index (χ2v) is 6.32. The third-order valence-corrected chi connectivity index (χ3v) is 4.32. The summed E-state index contributed by atoms with van der Waals surface area (Å²) in [6.07, 6.45) is 0.149. The van der Waals surface area contributed by atoms with E-state index in [-0.39, 0.29) is 29.8 Å². The number of hydrogen-bond donors (Lipinski definition) is 3. The molecule has 1 fully saturated rings. The van der Waals surface area contributed by atoms with Gasteiger partial charge in [-0.1, -0.05) is 25.4 Å². The average molecular weight is 311 g/mol. The van der Waals surface area contributed by atoms with Crippen LogP contribution in [0, 0.1) is 5.41 Å². The Morgan fingerprint density at radius 1 is 1.33 bits per heavy atom. The predicted molar refractivity (Wildman–Crippen MR) is 80.1 cm³/mol. The Morgan fingerprint density at radius 2 is 1.95 bits per heavy atom. The maximum Gasteiger partial charge on any atom is 0.251 e. The zero-order chi connectivity index (χ0) is 15.6. The highest BCUT2D eigenvalue weighted by Crippen LogP contribution is 2.40. The Bertz CT molecular complexity index is 542. The van der Waals surface area contributed by atoms with Gasteiger partial charge in [-0.3, -0.25) is 9.59 Å². The van der Waals surface area contributed by atoms with Gasteiger partial charge in [0.05, 0.1) is 12.6 Å². The Kier molecular flexibility index (Phi) is 4.54. The molecule has 1 aliphatic rings. The molecule has 0 heterocycles. The van der Waals surface area contributed by atoms with E-state index in [0.717, 1.165) is 0 Å². The summed E-state index contributed by atoms with van der Waals surface area (Å²) in [6.45, 7) is 3.71. The molecule has 2 atom stereocenters. The summed E-state index contributed by atoms with van der Waals surface area (Å²) in [7, 11) is 0. The predicted octanol–water partition coefficient (Wildman–Crippen LogP) is 1.35. The van der Waals surface area contributed by atoms with Crippen LogP contribution in [0.25, 0.3) is 0 Å². The van der Waals surface area contributed by atoms with Crippen molar-refractivity contribution in [3.05, 3.63) is 34.9 Å². The van der Waals surface area contributed by atoms with Gasteiger partial charge in [-0.15, -0.1) is 0 Å². The van der Waals surface area contributed by atoms with Gasteiger partial charge in [-0.25, -0.2) is 0 Å². The van der Waals surface area contributed by atoms with Gasteiger partial charge in [-0.2, -0.15) is 0 Å². The molecule has 1 saturated carbocycles. The number of aliphatic hydroxyl groups excluding tert-OH is 1. The number of nitrogens with one attached hydrogen (secondary N) is 2. The summed E-state index contributed by atoms with van der Waals surface area (Å²) in [5.74, 6) is -0.586. The maximum atomic E-state index is 11.8. The fourth-order valence-electron chi connectivity index (χ4n) is 2.26. The van der Waals surface area contributed by atoms with E-state index in [9.17, 15) is 14.7 Å². The van der Waals surface area contributed by atoms with E-state index in [2.05, 4.69) is 10.6 Å². The first kappa shape index (κ1) is 15.8. The number of hydrogen-bond acceptors (Lipinski definition) is 3. The van der Waals surface area contributed by atoms with Gasteiger partial charge >= 0.3 is 0 Å². The number of carbonyl (C=O) groups is 2. The lowest BCUT2D eigenvalue weighted by molar-refractivity contribution is -0.128. The molecule has 0 bridgehead atoms. The summed E-state index contributed by atoms with van der Waals surface area (Å²) in [4.78, 5) is 23.6. The molecule has 6 heteroatoms. The van der Waals surface area contributed by atoms with Crippen LogP contribution < -0.4 is 10.6 Å². The molecule has 1 aliphatic carbocycles. The van der Waals surface area contributed by atoms with Crippen LogP contribution in [0.15, 0.2) is 24.3 Å². The lowest BCUT2D eigenvalue weighted by Crippen LogP contribution is -2.62. The van der Waals surface area contributed by atoms with Crippen LogP contribution in [0.4, 0.5) is 0 Å². The largest absolute Gasteiger partial charge is 0.392 e. The van der Waals surface area contributed by atoms with E-state index in [1.165, 1.54) is 0 Å². The third-order valence-electron chi connectivity index (χ3n) is 4.07. The van der Waals surface area contributed by atoms with Crippen molar-refractivity contribution >= 4 is 23.4 Å². The number of amides is 2. The molecule has 114 valence electrons. The van der Waals surface area contributed by atoms with Crippen LogP contribution >= 0.6 is 11.6 Å². The first-order valence-corrected chi connectivity index (χ1v) is 7.19.